The largest absolute Gasteiger partial charge is 0.352 e. The molecule has 0 aliphatic carbocycles. The Morgan fingerprint density at radius 2 is 2.03 bits per heavy atom. The number of nitrogens with zero attached hydrogens (tertiary/aromatic N) is 3. The van der Waals surface area contributed by atoms with E-state index < -0.39 is 0 Å². The van der Waals surface area contributed by atoms with Crippen LogP contribution in [0.3, 0.4) is 0 Å². The highest BCUT2D eigenvalue weighted by atomic mass is 35.5. The summed E-state index contributed by atoms with van der Waals surface area (Å²) in [7, 11) is 1.91. The van der Waals surface area contributed by atoms with Gasteiger partial charge in [-0.25, -0.2) is 14.8 Å². The van der Waals surface area contributed by atoms with Gasteiger partial charge in [0, 0.05) is 23.8 Å². The van der Waals surface area contributed by atoms with E-state index in [2.05, 4.69) is 25.9 Å². The number of urea groups is 1. The number of fused-ring (bicyclic) bond motifs is 1. The number of carbonyl (C=O) groups excluding carboxylic acids is 1. The first kappa shape index (κ1) is 21.3. The summed E-state index contributed by atoms with van der Waals surface area (Å²) in [5.41, 5.74) is 3.05. The van der Waals surface area contributed by atoms with Crippen molar-refractivity contribution >= 4 is 23.6 Å². The smallest absolute Gasteiger partial charge is 0.318 e. The molecule has 0 saturated heterocycles. The zero-order valence-corrected chi connectivity index (χ0v) is 18.0. The van der Waals surface area contributed by atoms with E-state index in [1.54, 1.807) is 0 Å². The zero-order chi connectivity index (χ0) is 20.8. The van der Waals surface area contributed by atoms with Crippen LogP contribution in [0.5, 0.6) is 0 Å². The average Bonchev–Trinajstić information content (AvgIpc) is 2.70. The number of anilines is 1. The fourth-order valence-corrected chi connectivity index (χ4v) is 3.48. The fourth-order valence-electron chi connectivity index (χ4n) is 3.35. The SMILES string of the molecule is CNCCC(NC(=O)N1CCc2cnc(NC(C)C)nc2C1)c1ccc(Cl)cc1. The highest BCUT2D eigenvalue weighted by molar-refractivity contribution is 6.30. The number of hydrogen-bond acceptors (Lipinski definition) is 5. The van der Waals surface area contributed by atoms with Gasteiger partial charge in [-0.1, -0.05) is 23.7 Å². The van der Waals surface area contributed by atoms with Gasteiger partial charge in [-0.3, -0.25) is 0 Å². The minimum Gasteiger partial charge on any atom is -0.352 e. The molecular formula is C21H29ClN6O. The topological polar surface area (TPSA) is 82.2 Å². The van der Waals surface area contributed by atoms with Crippen LogP contribution in [0.1, 0.15) is 43.1 Å². The molecule has 29 heavy (non-hydrogen) atoms. The van der Waals surface area contributed by atoms with Gasteiger partial charge in [-0.2, -0.15) is 0 Å². The van der Waals surface area contributed by atoms with Crippen molar-refractivity contribution in [3.8, 4) is 0 Å². The summed E-state index contributed by atoms with van der Waals surface area (Å²) >= 11 is 6.02. The molecule has 1 aliphatic rings. The Bertz CT molecular complexity index is 826. The van der Waals surface area contributed by atoms with Gasteiger partial charge in [0.15, 0.2) is 0 Å². The maximum Gasteiger partial charge on any atom is 0.318 e. The number of carbonyl (C=O) groups is 1. The molecule has 1 aliphatic heterocycles. The first-order valence-electron chi connectivity index (χ1n) is 10.0. The molecule has 0 saturated carbocycles. The molecule has 3 N–H and O–H groups in total. The van der Waals surface area contributed by atoms with E-state index in [1.165, 1.54) is 0 Å². The number of aromatic nitrogens is 2. The van der Waals surface area contributed by atoms with Crippen LogP contribution >= 0.6 is 11.6 Å². The number of benzene rings is 1. The van der Waals surface area contributed by atoms with Crippen molar-refractivity contribution in [2.24, 2.45) is 0 Å². The predicted octanol–water partition coefficient (Wildman–Crippen LogP) is 3.37. The summed E-state index contributed by atoms with van der Waals surface area (Å²) in [6, 6.07) is 7.72. The normalized spacial score (nSPS) is 14.4. The molecule has 3 rings (SSSR count). The van der Waals surface area contributed by atoms with Crippen LogP contribution in [0, 0.1) is 0 Å². The Balaban J connectivity index is 1.69. The Hall–Kier alpha value is -2.38. The van der Waals surface area contributed by atoms with Crippen LogP contribution in [0.15, 0.2) is 30.5 Å². The molecule has 1 unspecified atom stereocenters. The Morgan fingerprint density at radius 3 is 2.72 bits per heavy atom. The molecule has 2 heterocycles. The molecule has 156 valence electrons. The molecule has 1 aromatic carbocycles. The van der Waals surface area contributed by atoms with Crippen molar-refractivity contribution in [3.05, 3.63) is 52.3 Å². The third-order valence-electron chi connectivity index (χ3n) is 4.90. The molecule has 0 fully saturated rings. The van der Waals surface area contributed by atoms with E-state index in [0.717, 1.165) is 36.2 Å². The molecule has 0 radical (unpaired) electrons. The second kappa shape index (κ2) is 9.89. The van der Waals surface area contributed by atoms with Crippen LogP contribution in [0.2, 0.25) is 5.02 Å². The van der Waals surface area contributed by atoms with Gasteiger partial charge >= 0.3 is 6.03 Å². The zero-order valence-electron chi connectivity index (χ0n) is 17.2. The first-order valence-corrected chi connectivity index (χ1v) is 10.4. The monoisotopic (exact) mass is 416 g/mol. The Kier molecular flexibility index (Phi) is 7.28. The van der Waals surface area contributed by atoms with Crippen LogP contribution in [0.25, 0.3) is 0 Å². The van der Waals surface area contributed by atoms with Crippen LogP contribution in [-0.4, -0.2) is 47.1 Å². The predicted molar refractivity (Wildman–Crippen MR) is 116 cm³/mol. The van der Waals surface area contributed by atoms with Gasteiger partial charge in [0.2, 0.25) is 5.95 Å². The van der Waals surface area contributed by atoms with E-state index >= 15 is 0 Å². The number of hydrogen-bond donors (Lipinski definition) is 3. The van der Waals surface area contributed by atoms with Crippen molar-refractivity contribution in [2.45, 2.75) is 45.3 Å². The average molecular weight is 417 g/mol. The van der Waals surface area contributed by atoms with Crippen LogP contribution in [0.4, 0.5) is 10.7 Å². The standard InChI is InChI=1S/C21H29ClN6O/c1-14(2)25-20-24-12-16-9-11-28(13-19(16)26-20)21(29)27-18(8-10-23-3)15-4-6-17(22)7-5-15/h4-7,12,14,18,23H,8-11,13H2,1-3H3,(H,27,29)(H,24,25,26). The Morgan fingerprint density at radius 1 is 1.28 bits per heavy atom. The van der Waals surface area contributed by atoms with E-state index in [9.17, 15) is 4.79 Å². The number of amides is 2. The summed E-state index contributed by atoms with van der Waals surface area (Å²) in [4.78, 5) is 23.8. The molecule has 0 bridgehead atoms. The van der Waals surface area contributed by atoms with Crippen molar-refractivity contribution in [1.82, 2.24) is 25.5 Å². The summed E-state index contributed by atoms with van der Waals surface area (Å²) < 4.78 is 0. The van der Waals surface area contributed by atoms with Gasteiger partial charge in [-0.05, 0) is 63.5 Å². The summed E-state index contributed by atoms with van der Waals surface area (Å²) in [6.07, 6.45) is 3.41. The summed E-state index contributed by atoms with van der Waals surface area (Å²) in [5.74, 6) is 0.606. The first-order chi connectivity index (χ1) is 14.0. The third-order valence-corrected chi connectivity index (χ3v) is 5.16. The van der Waals surface area contributed by atoms with Gasteiger partial charge in [0.1, 0.15) is 0 Å². The second-order valence-electron chi connectivity index (χ2n) is 7.58. The van der Waals surface area contributed by atoms with Crippen molar-refractivity contribution in [3.63, 3.8) is 0 Å². The quantitative estimate of drug-likeness (QED) is 0.644. The van der Waals surface area contributed by atoms with E-state index in [1.807, 2.05) is 56.3 Å². The highest BCUT2D eigenvalue weighted by Gasteiger charge is 2.25. The molecule has 8 heteroatoms. The van der Waals surface area contributed by atoms with Gasteiger partial charge < -0.3 is 20.9 Å². The molecule has 2 aromatic rings. The van der Waals surface area contributed by atoms with E-state index in [4.69, 9.17) is 11.6 Å². The number of nitrogens with one attached hydrogen (secondary N) is 3. The molecule has 2 amide bonds. The minimum absolute atomic E-state index is 0.0799. The third kappa shape index (κ3) is 5.81. The lowest BCUT2D eigenvalue weighted by molar-refractivity contribution is 0.186. The highest BCUT2D eigenvalue weighted by Crippen LogP contribution is 2.22. The lowest BCUT2D eigenvalue weighted by Crippen LogP contribution is -2.44. The second-order valence-corrected chi connectivity index (χ2v) is 8.02. The molecular weight excluding hydrogens is 388 g/mol. The van der Waals surface area contributed by atoms with Crippen molar-refractivity contribution in [1.29, 1.82) is 0 Å². The molecule has 1 atom stereocenters. The van der Waals surface area contributed by atoms with Gasteiger partial charge in [0.05, 0.1) is 18.3 Å². The van der Waals surface area contributed by atoms with Crippen LogP contribution < -0.4 is 16.0 Å². The minimum atomic E-state index is -0.0859. The van der Waals surface area contributed by atoms with Gasteiger partial charge in [0.25, 0.3) is 0 Å². The fraction of sp³-hybridized carbons (Fsp3) is 0.476. The summed E-state index contributed by atoms with van der Waals surface area (Å²) in [6.45, 7) is 6.03. The number of rotatable bonds is 7. The van der Waals surface area contributed by atoms with E-state index in [-0.39, 0.29) is 18.1 Å². The molecule has 7 nitrogen and oxygen atoms in total. The molecule has 1 aromatic heterocycles. The number of halogens is 1. The van der Waals surface area contributed by atoms with Crippen LogP contribution in [-0.2, 0) is 13.0 Å². The summed E-state index contributed by atoms with van der Waals surface area (Å²) in [5, 5.41) is 10.2. The lowest BCUT2D eigenvalue weighted by atomic mass is 10.0. The van der Waals surface area contributed by atoms with Crippen molar-refractivity contribution in [2.75, 3.05) is 25.5 Å². The molecule has 0 spiro atoms. The van der Waals surface area contributed by atoms with Crippen molar-refractivity contribution < 1.29 is 4.79 Å². The maximum absolute atomic E-state index is 13.0. The lowest BCUT2D eigenvalue weighted by Gasteiger charge is -2.30. The van der Waals surface area contributed by atoms with E-state index in [0.29, 0.717) is 24.1 Å². The Labute approximate surface area is 177 Å². The van der Waals surface area contributed by atoms with Gasteiger partial charge in [-0.15, -0.1) is 0 Å². The maximum atomic E-state index is 13.0.